The average molecular weight is 360 g/mol. The Morgan fingerprint density at radius 3 is 2.50 bits per heavy atom. The van der Waals surface area contributed by atoms with Crippen LogP contribution in [0.4, 0.5) is 15.8 Å². The van der Waals surface area contributed by atoms with Crippen LogP contribution in [0.15, 0.2) is 18.2 Å². The van der Waals surface area contributed by atoms with E-state index < -0.39 is 17.0 Å². The van der Waals surface area contributed by atoms with E-state index in [2.05, 4.69) is 5.32 Å². The minimum absolute atomic E-state index is 0.0491. The number of anilines is 2. The van der Waals surface area contributed by atoms with Gasteiger partial charge >= 0.3 is 0 Å². The second-order valence-corrected chi connectivity index (χ2v) is 7.97. The van der Waals surface area contributed by atoms with Gasteiger partial charge in [-0.2, -0.15) is 0 Å². The molecule has 1 aromatic rings. The van der Waals surface area contributed by atoms with Crippen LogP contribution in [0.1, 0.15) is 51.5 Å². The first-order valence-electron chi connectivity index (χ1n) is 9.44. The van der Waals surface area contributed by atoms with Gasteiger partial charge in [-0.05, 0) is 69.7 Å². The van der Waals surface area contributed by atoms with Crippen molar-refractivity contribution in [2.45, 2.75) is 63.1 Å². The molecule has 0 aromatic heterocycles. The fourth-order valence-electron chi connectivity index (χ4n) is 4.34. The van der Waals surface area contributed by atoms with Gasteiger partial charge in [0.2, 0.25) is 5.91 Å². The van der Waals surface area contributed by atoms with Crippen LogP contribution in [-0.2, 0) is 19.7 Å². The number of hydrogen-bond donors (Lipinski definition) is 1. The molecule has 1 spiro atoms. The molecule has 1 aliphatic carbocycles. The van der Waals surface area contributed by atoms with E-state index in [1.54, 1.807) is 6.07 Å². The largest absolute Gasteiger partial charge is 0.381 e. The van der Waals surface area contributed by atoms with E-state index in [0.717, 1.165) is 17.7 Å². The molecule has 2 heterocycles. The molecule has 1 saturated carbocycles. The maximum absolute atomic E-state index is 14.3. The van der Waals surface area contributed by atoms with Crippen LogP contribution < -0.4 is 10.2 Å². The SMILES string of the molecule is CC(C)N1C(=O)C2(CCOCC2)c2cc(NC(=O)C3(F)CCC3)ccc21. The van der Waals surface area contributed by atoms with E-state index in [1.807, 2.05) is 30.9 Å². The molecule has 4 rings (SSSR count). The van der Waals surface area contributed by atoms with Crippen molar-refractivity contribution in [3.05, 3.63) is 23.8 Å². The zero-order valence-electron chi connectivity index (χ0n) is 15.3. The average Bonchev–Trinajstić information content (AvgIpc) is 2.82. The fraction of sp³-hybridized carbons (Fsp3) is 0.600. The molecular formula is C20H25FN2O3. The second-order valence-electron chi connectivity index (χ2n) is 7.97. The van der Waals surface area contributed by atoms with Gasteiger partial charge in [-0.1, -0.05) is 0 Å². The number of rotatable bonds is 3. The highest BCUT2D eigenvalue weighted by Gasteiger charge is 2.52. The third kappa shape index (κ3) is 2.46. The van der Waals surface area contributed by atoms with Crippen LogP contribution in [0.25, 0.3) is 0 Å². The highest BCUT2D eigenvalue weighted by molar-refractivity contribution is 6.09. The molecule has 0 unspecified atom stereocenters. The summed E-state index contributed by atoms with van der Waals surface area (Å²) in [6.07, 6.45) is 2.57. The molecule has 3 aliphatic rings. The second kappa shape index (κ2) is 6.05. The number of nitrogens with one attached hydrogen (secondary N) is 1. The van der Waals surface area contributed by atoms with Gasteiger partial charge in [0.25, 0.3) is 5.91 Å². The minimum atomic E-state index is -1.74. The summed E-state index contributed by atoms with van der Waals surface area (Å²) in [6.45, 7) is 5.08. The van der Waals surface area contributed by atoms with E-state index in [1.165, 1.54) is 0 Å². The van der Waals surface area contributed by atoms with Crippen molar-refractivity contribution < 1.29 is 18.7 Å². The molecule has 2 amide bonds. The zero-order valence-corrected chi connectivity index (χ0v) is 15.3. The first kappa shape index (κ1) is 17.5. The van der Waals surface area contributed by atoms with Gasteiger partial charge in [0.05, 0.1) is 5.41 Å². The Hall–Kier alpha value is -1.95. The molecule has 2 aliphatic heterocycles. The summed E-state index contributed by atoms with van der Waals surface area (Å²) in [5.74, 6) is -0.468. The van der Waals surface area contributed by atoms with Gasteiger partial charge in [-0.3, -0.25) is 9.59 Å². The van der Waals surface area contributed by atoms with Crippen molar-refractivity contribution in [3.63, 3.8) is 0 Å². The topological polar surface area (TPSA) is 58.6 Å². The Balaban J connectivity index is 1.70. The number of hydrogen-bond acceptors (Lipinski definition) is 3. The van der Waals surface area contributed by atoms with Gasteiger partial charge in [0.1, 0.15) is 0 Å². The van der Waals surface area contributed by atoms with Crippen LogP contribution in [0.2, 0.25) is 0 Å². The van der Waals surface area contributed by atoms with Gasteiger partial charge in [0, 0.05) is 30.6 Å². The number of halogens is 1. The standard InChI is InChI=1S/C20H25FN2O3/c1-13(2)23-16-5-4-14(22-17(24)20(21)6-3-7-20)12-15(16)19(18(23)25)8-10-26-11-9-19/h4-5,12-13H,3,6-11H2,1-2H3,(H,22,24). The van der Waals surface area contributed by atoms with Gasteiger partial charge in [0.15, 0.2) is 5.67 Å². The number of ether oxygens (including phenoxy) is 1. The van der Waals surface area contributed by atoms with Gasteiger partial charge in [-0.15, -0.1) is 0 Å². The third-order valence-corrected chi connectivity index (χ3v) is 6.07. The van der Waals surface area contributed by atoms with Crippen LogP contribution in [0.3, 0.4) is 0 Å². The van der Waals surface area contributed by atoms with Crippen molar-refractivity contribution in [2.75, 3.05) is 23.4 Å². The number of carbonyl (C=O) groups is 2. The molecule has 140 valence electrons. The van der Waals surface area contributed by atoms with Gasteiger partial charge < -0.3 is 15.0 Å². The quantitative estimate of drug-likeness (QED) is 0.900. The fourth-order valence-corrected chi connectivity index (χ4v) is 4.34. The number of nitrogens with zero attached hydrogens (tertiary/aromatic N) is 1. The molecule has 0 radical (unpaired) electrons. The molecule has 26 heavy (non-hydrogen) atoms. The monoisotopic (exact) mass is 360 g/mol. The van der Waals surface area contributed by atoms with Crippen molar-refractivity contribution in [3.8, 4) is 0 Å². The Morgan fingerprint density at radius 2 is 1.92 bits per heavy atom. The Kier molecular flexibility index (Phi) is 4.06. The highest BCUT2D eigenvalue weighted by atomic mass is 19.1. The van der Waals surface area contributed by atoms with Gasteiger partial charge in [-0.25, -0.2) is 4.39 Å². The minimum Gasteiger partial charge on any atom is -0.381 e. The molecule has 6 heteroatoms. The Bertz CT molecular complexity index is 751. The molecule has 5 nitrogen and oxygen atoms in total. The highest BCUT2D eigenvalue weighted by Crippen LogP contribution is 2.49. The van der Waals surface area contributed by atoms with Crippen molar-refractivity contribution in [1.29, 1.82) is 0 Å². The van der Waals surface area contributed by atoms with Crippen molar-refractivity contribution in [2.24, 2.45) is 0 Å². The summed E-state index contributed by atoms with van der Waals surface area (Å²) in [4.78, 5) is 27.3. The Labute approximate surface area is 152 Å². The first-order valence-corrected chi connectivity index (χ1v) is 9.44. The number of fused-ring (bicyclic) bond motifs is 2. The van der Waals surface area contributed by atoms with E-state index in [0.29, 0.717) is 31.7 Å². The van der Waals surface area contributed by atoms with Crippen LogP contribution >= 0.6 is 0 Å². The third-order valence-electron chi connectivity index (χ3n) is 6.07. The van der Waals surface area contributed by atoms with Crippen LogP contribution in [-0.4, -0.2) is 36.7 Å². The van der Waals surface area contributed by atoms with E-state index in [4.69, 9.17) is 4.74 Å². The molecule has 1 N–H and O–H groups in total. The zero-order chi connectivity index (χ0) is 18.5. The molecule has 1 saturated heterocycles. The summed E-state index contributed by atoms with van der Waals surface area (Å²) in [5.41, 5.74) is 0.0433. The number of benzene rings is 1. The molecular weight excluding hydrogens is 335 g/mol. The predicted octanol–water partition coefficient (Wildman–Crippen LogP) is 3.32. The number of alkyl halides is 1. The maximum Gasteiger partial charge on any atom is 0.262 e. The van der Waals surface area contributed by atoms with Crippen molar-refractivity contribution >= 4 is 23.2 Å². The lowest BCUT2D eigenvalue weighted by molar-refractivity contribution is -0.132. The molecule has 2 fully saturated rings. The van der Waals surface area contributed by atoms with E-state index in [9.17, 15) is 14.0 Å². The predicted molar refractivity (Wildman–Crippen MR) is 97.1 cm³/mol. The number of amides is 2. The van der Waals surface area contributed by atoms with Crippen LogP contribution in [0, 0.1) is 0 Å². The lowest BCUT2D eigenvalue weighted by Gasteiger charge is -2.33. The molecule has 0 atom stereocenters. The smallest absolute Gasteiger partial charge is 0.262 e. The Morgan fingerprint density at radius 1 is 1.23 bits per heavy atom. The number of carbonyl (C=O) groups excluding carboxylic acids is 2. The van der Waals surface area contributed by atoms with E-state index in [-0.39, 0.29) is 24.8 Å². The lowest BCUT2D eigenvalue weighted by Crippen LogP contribution is -2.46. The molecule has 1 aromatic carbocycles. The summed E-state index contributed by atoms with van der Waals surface area (Å²) >= 11 is 0. The van der Waals surface area contributed by atoms with Crippen molar-refractivity contribution in [1.82, 2.24) is 0 Å². The summed E-state index contributed by atoms with van der Waals surface area (Å²) in [6, 6.07) is 5.55. The summed E-state index contributed by atoms with van der Waals surface area (Å²) in [5, 5.41) is 2.72. The summed E-state index contributed by atoms with van der Waals surface area (Å²) in [7, 11) is 0. The maximum atomic E-state index is 14.3. The summed E-state index contributed by atoms with van der Waals surface area (Å²) < 4.78 is 19.8. The first-order chi connectivity index (χ1) is 12.4. The normalized spacial score (nSPS) is 23.1. The molecule has 0 bridgehead atoms. The van der Waals surface area contributed by atoms with Crippen LogP contribution in [0.5, 0.6) is 0 Å². The lowest BCUT2D eigenvalue weighted by atomic mass is 9.75. The van der Waals surface area contributed by atoms with E-state index >= 15 is 0 Å².